The lowest BCUT2D eigenvalue weighted by Gasteiger charge is -2.58. The molecule has 320 valence electrons. The van der Waals surface area contributed by atoms with E-state index in [1.165, 1.54) is 10.5 Å². The Bertz CT molecular complexity index is 2650. The SMILES string of the molecule is Cc1cc(SN2CC3(CC(OCCN4CCC(c5ccc6c(c5)n(C)c(=O)n6C5CCC(=O)NC5=O)CC4)C3)C2)ccc1Nc1ncc2cc(Cl)c(=O)n(C3CCCC3)c2n1. The lowest BCUT2D eigenvalue weighted by atomic mass is 9.63. The maximum Gasteiger partial charge on any atom is 0.329 e. The van der Waals surface area contributed by atoms with Crippen molar-refractivity contribution >= 4 is 69.1 Å². The second-order valence-corrected chi connectivity index (χ2v) is 19.6. The first-order valence-corrected chi connectivity index (χ1v) is 22.9. The van der Waals surface area contributed by atoms with Gasteiger partial charge in [0.05, 0.1) is 23.7 Å². The summed E-state index contributed by atoms with van der Waals surface area (Å²) in [5, 5.41) is 6.75. The fourth-order valence-corrected chi connectivity index (χ4v) is 12.0. The van der Waals surface area contributed by atoms with Crippen molar-refractivity contribution in [2.45, 2.75) is 100 Å². The number of rotatable bonds is 11. The van der Waals surface area contributed by atoms with E-state index >= 15 is 0 Å². The van der Waals surface area contributed by atoms with E-state index in [-0.39, 0.29) is 34.6 Å². The van der Waals surface area contributed by atoms with E-state index < -0.39 is 11.9 Å². The number of hydrogen-bond donors (Lipinski definition) is 2. The third kappa shape index (κ3) is 7.81. The van der Waals surface area contributed by atoms with Crippen LogP contribution in [-0.4, -0.2) is 90.1 Å². The summed E-state index contributed by atoms with van der Waals surface area (Å²) in [6.07, 6.45) is 11.1. The number of carbonyl (C=O) groups is 2. The molecule has 2 N–H and O–H groups in total. The number of imide groups is 1. The van der Waals surface area contributed by atoms with Crippen LogP contribution in [0.4, 0.5) is 11.6 Å². The molecule has 16 heteroatoms. The number of nitrogens with one attached hydrogen (secondary N) is 2. The molecule has 3 aliphatic heterocycles. The van der Waals surface area contributed by atoms with Crippen LogP contribution in [0.1, 0.15) is 93.3 Å². The molecule has 61 heavy (non-hydrogen) atoms. The Hall–Kier alpha value is -4.54. The summed E-state index contributed by atoms with van der Waals surface area (Å²) in [5.74, 6) is 0.175. The first kappa shape index (κ1) is 40.5. The highest BCUT2D eigenvalue weighted by Crippen LogP contribution is 2.52. The Balaban J connectivity index is 0.661. The maximum absolute atomic E-state index is 13.2. The van der Waals surface area contributed by atoms with Gasteiger partial charge < -0.3 is 15.0 Å². The summed E-state index contributed by atoms with van der Waals surface area (Å²) in [6.45, 7) is 7.95. The minimum absolute atomic E-state index is 0.114. The highest BCUT2D eigenvalue weighted by atomic mass is 35.5. The third-order valence-electron chi connectivity index (χ3n) is 13.9. The van der Waals surface area contributed by atoms with Gasteiger partial charge in [0.15, 0.2) is 0 Å². The molecule has 10 rings (SSSR count). The molecule has 2 saturated carbocycles. The predicted octanol–water partition coefficient (Wildman–Crippen LogP) is 6.61. The first-order chi connectivity index (χ1) is 29.5. The number of imidazole rings is 1. The minimum Gasteiger partial charge on any atom is -0.377 e. The van der Waals surface area contributed by atoms with Crippen molar-refractivity contribution in [3.8, 4) is 0 Å². The topological polar surface area (TPSA) is 149 Å². The van der Waals surface area contributed by atoms with Crippen LogP contribution >= 0.6 is 23.5 Å². The number of hydrogen-bond acceptors (Lipinski definition) is 11. The number of likely N-dealkylation sites (tertiary alicyclic amines) is 1. The van der Waals surface area contributed by atoms with Crippen LogP contribution in [0.3, 0.4) is 0 Å². The number of aryl methyl sites for hydroxylation is 2. The molecule has 2 amide bonds. The molecule has 2 aliphatic carbocycles. The molecule has 14 nitrogen and oxygen atoms in total. The molecular weight excluding hydrogens is 814 g/mol. The van der Waals surface area contributed by atoms with Gasteiger partial charge in [-0.15, -0.1) is 0 Å². The van der Waals surface area contributed by atoms with Crippen molar-refractivity contribution in [1.82, 2.24) is 38.2 Å². The number of nitrogens with zero attached hydrogens (tertiary/aromatic N) is 7. The van der Waals surface area contributed by atoms with Gasteiger partial charge in [0.25, 0.3) is 5.56 Å². The van der Waals surface area contributed by atoms with Crippen molar-refractivity contribution in [3.05, 3.63) is 85.6 Å². The number of carbonyl (C=O) groups excluding carboxylic acids is 2. The molecule has 5 aliphatic rings. The van der Waals surface area contributed by atoms with E-state index in [9.17, 15) is 19.2 Å². The van der Waals surface area contributed by atoms with Crippen LogP contribution in [0.15, 0.2) is 63.1 Å². The molecule has 3 saturated heterocycles. The molecule has 1 unspecified atom stereocenters. The molecule has 5 fully saturated rings. The van der Waals surface area contributed by atoms with E-state index in [2.05, 4.69) is 62.1 Å². The molecular formula is C45H52ClN9O5S. The minimum atomic E-state index is -0.672. The maximum atomic E-state index is 13.2. The molecule has 3 aromatic heterocycles. The smallest absolute Gasteiger partial charge is 0.329 e. The summed E-state index contributed by atoms with van der Waals surface area (Å²) in [5.41, 5.74) is 5.40. The van der Waals surface area contributed by atoms with Crippen LogP contribution in [0.5, 0.6) is 0 Å². The summed E-state index contributed by atoms with van der Waals surface area (Å²) in [7, 11) is 1.75. The molecule has 0 bridgehead atoms. The number of anilines is 2. The van der Waals surface area contributed by atoms with Crippen molar-refractivity contribution in [1.29, 1.82) is 0 Å². The zero-order valence-corrected chi connectivity index (χ0v) is 36.3. The highest BCUT2D eigenvalue weighted by Gasteiger charge is 2.53. The monoisotopic (exact) mass is 865 g/mol. The van der Waals surface area contributed by atoms with Crippen molar-refractivity contribution < 1.29 is 14.3 Å². The number of amides is 2. The highest BCUT2D eigenvalue weighted by molar-refractivity contribution is 7.97. The van der Waals surface area contributed by atoms with E-state index in [4.69, 9.17) is 21.3 Å². The third-order valence-corrected chi connectivity index (χ3v) is 15.2. The molecule has 6 heterocycles. The first-order valence-electron chi connectivity index (χ1n) is 21.8. The van der Waals surface area contributed by atoms with Gasteiger partial charge in [-0.25, -0.2) is 14.1 Å². The normalized spacial score (nSPS) is 21.7. The second-order valence-electron chi connectivity index (χ2n) is 18.0. The van der Waals surface area contributed by atoms with Crippen LogP contribution in [0.25, 0.3) is 22.1 Å². The molecule has 0 radical (unpaired) electrons. The summed E-state index contributed by atoms with van der Waals surface area (Å²) >= 11 is 8.13. The summed E-state index contributed by atoms with van der Waals surface area (Å²) < 4.78 is 13.8. The van der Waals surface area contributed by atoms with Crippen LogP contribution in [0.2, 0.25) is 5.02 Å². The van der Waals surface area contributed by atoms with Gasteiger partial charge in [0.2, 0.25) is 17.8 Å². The average molecular weight is 866 g/mol. The van der Waals surface area contributed by atoms with Crippen LogP contribution in [-0.2, 0) is 21.4 Å². The standard InChI is InChI=1S/C45H52ClN9O5S/c1-27-19-33(8-9-35(27)48-43-47-24-30-20-34(46)42(58)54(40(30)50-43)31-5-3-4-6-31)61-53-25-45(26-53)22-32(23-45)60-18-17-52-15-13-28(14-16-52)29-7-10-36-38(21-29)51(2)44(59)55(36)37-11-12-39(56)49-41(37)57/h7-10,19-21,24,28,31-32,37H,3-6,11-18,22-23,25-26H2,1-2H3,(H,47,48,50)(H,49,56,57). The fraction of sp³-hybridized carbons (Fsp3) is 0.511. The van der Waals surface area contributed by atoms with Gasteiger partial charge in [-0.05, 0) is 130 Å². The van der Waals surface area contributed by atoms with E-state index in [0.29, 0.717) is 35.5 Å². The van der Waals surface area contributed by atoms with Crippen molar-refractivity contribution in [2.75, 3.05) is 44.6 Å². The number of piperidine rings is 2. The Morgan fingerprint density at radius 2 is 1.74 bits per heavy atom. The van der Waals surface area contributed by atoms with E-state index in [0.717, 1.165) is 118 Å². The fourth-order valence-electron chi connectivity index (χ4n) is 10.5. The number of fused-ring (bicyclic) bond motifs is 2. The van der Waals surface area contributed by atoms with E-state index in [1.807, 2.05) is 18.0 Å². The Morgan fingerprint density at radius 3 is 2.49 bits per heavy atom. The molecule has 1 spiro atoms. The van der Waals surface area contributed by atoms with Crippen LogP contribution < -0.4 is 21.9 Å². The second kappa shape index (κ2) is 16.3. The predicted molar refractivity (Wildman–Crippen MR) is 237 cm³/mol. The summed E-state index contributed by atoms with van der Waals surface area (Å²) in [6, 6.07) is 13.7. The van der Waals surface area contributed by atoms with Crippen LogP contribution in [0, 0.1) is 12.3 Å². The number of benzene rings is 2. The Morgan fingerprint density at radius 1 is 0.951 bits per heavy atom. The van der Waals surface area contributed by atoms with Gasteiger partial charge in [0.1, 0.15) is 16.7 Å². The number of ether oxygens (including phenoxy) is 1. The largest absolute Gasteiger partial charge is 0.377 e. The molecule has 2 aromatic carbocycles. The lowest BCUT2D eigenvalue weighted by Crippen LogP contribution is -2.61. The van der Waals surface area contributed by atoms with Gasteiger partial charge in [-0.1, -0.05) is 30.5 Å². The molecule has 1 atom stereocenters. The summed E-state index contributed by atoms with van der Waals surface area (Å²) in [4.78, 5) is 63.6. The van der Waals surface area contributed by atoms with Gasteiger partial charge >= 0.3 is 5.69 Å². The Labute approximate surface area is 363 Å². The van der Waals surface area contributed by atoms with Gasteiger partial charge in [0, 0.05) is 66.7 Å². The quantitative estimate of drug-likeness (QED) is 0.109. The Kier molecular flexibility index (Phi) is 10.8. The average Bonchev–Trinajstić information content (AvgIpc) is 3.84. The zero-order chi connectivity index (χ0) is 42.0. The van der Waals surface area contributed by atoms with Crippen molar-refractivity contribution in [3.63, 3.8) is 0 Å². The molecule has 5 aromatic rings. The van der Waals surface area contributed by atoms with Gasteiger partial charge in [-0.2, -0.15) is 4.98 Å². The number of aromatic nitrogens is 5. The number of halogens is 1. The number of pyridine rings is 1. The zero-order valence-electron chi connectivity index (χ0n) is 34.7. The van der Waals surface area contributed by atoms with E-state index in [1.54, 1.807) is 33.0 Å². The lowest BCUT2D eigenvalue weighted by molar-refractivity contribution is -0.135. The van der Waals surface area contributed by atoms with Gasteiger partial charge in [-0.3, -0.25) is 33.4 Å². The van der Waals surface area contributed by atoms with Crippen molar-refractivity contribution in [2.24, 2.45) is 12.5 Å².